The summed E-state index contributed by atoms with van der Waals surface area (Å²) in [5, 5.41) is 5.15. The van der Waals surface area contributed by atoms with Crippen molar-refractivity contribution in [2.75, 3.05) is 0 Å². The number of aromatic nitrogens is 2. The first-order valence-corrected chi connectivity index (χ1v) is 15.4. The molecule has 0 spiro atoms. The predicted molar refractivity (Wildman–Crippen MR) is 186 cm³/mol. The van der Waals surface area contributed by atoms with E-state index in [2.05, 4.69) is 173 Å². The van der Waals surface area contributed by atoms with Crippen LogP contribution >= 0.6 is 0 Å². The van der Waals surface area contributed by atoms with E-state index in [9.17, 15) is 0 Å². The fourth-order valence-corrected chi connectivity index (χ4v) is 7.30. The van der Waals surface area contributed by atoms with E-state index in [1.807, 2.05) is 0 Å². The second kappa shape index (κ2) is 10.00. The summed E-state index contributed by atoms with van der Waals surface area (Å²) in [6, 6.07) is 52.9. The number of hydrogen-bond donors (Lipinski definition) is 0. The smallest absolute Gasteiger partial charge is 0.0641 e. The first kappa shape index (κ1) is 24.9. The molecule has 2 heteroatoms. The maximum Gasteiger partial charge on any atom is 0.0641 e. The molecule has 0 radical (unpaired) electrons. The molecule has 0 aliphatic heterocycles. The van der Waals surface area contributed by atoms with Gasteiger partial charge >= 0.3 is 0 Å². The molecule has 2 aromatic heterocycles. The molecule has 1 unspecified atom stereocenters. The largest absolute Gasteiger partial charge is 0.313 e. The van der Waals surface area contributed by atoms with E-state index < -0.39 is 0 Å². The van der Waals surface area contributed by atoms with E-state index >= 15 is 0 Å². The highest BCUT2D eigenvalue weighted by Crippen LogP contribution is 2.43. The minimum Gasteiger partial charge on any atom is -0.313 e. The van der Waals surface area contributed by atoms with Crippen LogP contribution in [-0.4, -0.2) is 9.13 Å². The van der Waals surface area contributed by atoms with E-state index in [0.29, 0.717) is 5.92 Å². The molecule has 2 heterocycles. The molecule has 0 saturated carbocycles. The summed E-state index contributed by atoms with van der Waals surface area (Å²) >= 11 is 0. The highest BCUT2D eigenvalue weighted by atomic mass is 15.0. The normalized spacial score (nSPS) is 15.0. The first-order chi connectivity index (χ1) is 21.8. The van der Waals surface area contributed by atoms with Crippen molar-refractivity contribution in [3.05, 3.63) is 169 Å². The number of para-hydroxylation sites is 3. The average Bonchev–Trinajstić information content (AvgIpc) is 3.62. The van der Waals surface area contributed by atoms with E-state index in [1.54, 1.807) is 0 Å². The maximum atomic E-state index is 2.51. The zero-order valence-electron chi connectivity index (χ0n) is 24.3. The van der Waals surface area contributed by atoms with Crippen molar-refractivity contribution in [1.29, 1.82) is 0 Å². The van der Waals surface area contributed by atoms with Crippen LogP contribution in [0.5, 0.6) is 0 Å². The van der Waals surface area contributed by atoms with Gasteiger partial charge in [-0.1, -0.05) is 127 Å². The molecule has 0 fully saturated rings. The van der Waals surface area contributed by atoms with Gasteiger partial charge in [-0.15, -0.1) is 0 Å². The highest BCUT2D eigenvalue weighted by molar-refractivity contribution is 6.26. The summed E-state index contributed by atoms with van der Waals surface area (Å²) < 4.78 is 4.96. The number of hydrogen-bond acceptors (Lipinski definition) is 0. The van der Waals surface area contributed by atoms with Gasteiger partial charge in [-0.3, -0.25) is 0 Å². The molecule has 0 saturated heterocycles. The van der Waals surface area contributed by atoms with Crippen LogP contribution in [0, 0.1) is 0 Å². The molecule has 8 aromatic rings. The van der Waals surface area contributed by atoms with E-state index in [1.165, 1.54) is 71.7 Å². The van der Waals surface area contributed by atoms with Crippen molar-refractivity contribution in [2.24, 2.45) is 0 Å². The summed E-state index contributed by atoms with van der Waals surface area (Å²) in [5.74, 6) is 0.300. The lowest BCUT2D eigenvalue weighted by molar-refractivity contribution is 0.837. The quantitative estimate of drug-likeness (QED) is 0.202. The molecule has 1 aliphatic carbocycles. The molecule has 0 N–H and O–H groups in total. The Morgan fingerprint density at radius 2 is 1.18 bits per heavy atom. The van der Waals surface area contributed by atoms with Gasteiger partial charge in [-0.05, 0) is 59.5 Å². The van der Waals surface area contributed by atoms with Crippen LogP contribution in [0.25, 0.3) is 66.1 Å². The molecule has 1 aliphatic rings. The molecule has 9 rings (SSSR count). The van der Waals surface area contributed by atoms with Crippen molar-refractivity contribution in [3.63, 3.8) is 0 Å². The third-order valence-corrected chi connectivity index (χ3v) is 9.25. The van der Waals surface area contributed by atoms with Crippen molar-refractivity contribution in [3.8, 4) is 16.8 Å². The SMILES string of the molecule is C1=CC(c2cccc(-c3ccccc3)c2)CC(n2c3ccccc3c3c2ccc2c4ccccc4n(-c4ccccc4)c23)=C1. The molecule has 0 amide bonds. The monoisotopic (exact) mass is 562 g/mol. The second-order valence-electron chi connectivity index (χ2n) is 11.7. The van der Waals surface area contributed by atoms with Crippen LogP contribution < -0.4 is 0 Å². The first-order valence-electron chi connectivity index (χ1n) is 15.4. The van der Waals surface area contributed by atoms with Crippen LogP contribution in [0.2, 0.25) is 0 Å². The Balaban J connectivity index is 1.25. The standard InChI is InChI=1S/C42H30N2/c1-3-13-29(14-4-1)30-15-11-16-31(27-30)32-17-12-20-34(28-32)43-39-24-10-8-22-37(39)41-40(43)26-25-36-35-21-7-9-23-38(35)44(42(36)41)33-18-5-2-6-19-33/h1-27,32H,28H2. The zero-order chi connectivity index (χ0) is 29.0. The Morgan fingerprint density at radius 3 is 2.00 bits per heavy atom. The summed E-state index contributed by atoms with van der Waals surface area (Å²) in [6.45, 7) is 0. The number of allylic oxidation sites excluding steroid dienone is 4. The third-order valence-electron chi connectivity index (χ3n) is 9.25. The van der Waals surface area contributed by atoms with Crippen LogP contribution in [0.4, 0.5) is 0 Å². The number of benzene rings is 6. The summed E-state index contributed by atoms with van der Waals surface area (Å²) in [6.07, 6.45) is 7.84. The number of rotatable bonds is 4. The molecular weight excluding hydrogens is 532 g/mol. The zero-order valence-corrected chi connectivity index (χ0v) is 24.3. The van der Waals surface area contributed by atoms with E-state index in [4.69, 9.17) is 0 Å². The van der Waals surface area contributed by atoms with Crippen LogP contribution in [0.1, 0.15) is 17.9 Å². The molecule has 6 aromatic carbocycles. The van der Waals surface area contributed by atoms with Gasteiger partial charge < -0.3 is 9.13 Å². The van der Waals surface area contributed by atoms with Crippen molar-refractivity contribution >= 4 is 49.3 Å². The lowest BCUT2D eigenvalue weighted by Crippen LogP contribution is -2.06. The average molecular weight is 563 g/mol. The second-order valence-corrected chi connectivity index (χ2v) is 11.7. The molecule has 2 nitrogen and oxygen atoms in total. The predicted octanol–water partition coefficient (Wildman–Crippen LogP) is 11.1. The van der Waals surface area contributed by atoms with Gasteiger partial charge in [0.25, 0.3) is 0 Å². The Bertz CT molecular complexity index is 2400. The van der Waals surface area contributed by atoms with Crippen molar-refractivity contribution in [1.82, 2.24) is 9.13 Å². The maximum absolute atomic E-state index is 2.51. The summed E-state index contributed by atoms with van der Waals surface area (Å²) in [4.78, 5) is 0. The Kier molecular flexibility index (Phi) is 5.67. The van der Waals surface area contributed by atoms with E-state index in [-0.39, 0.29) is 0 Å². The van der Waals surface area contributed by atoms with Gasteiger partial charge in [-0.2, -0.15) is 0 Å². The van der Waals surface area contributed by atoms with Crippen LogP contribution in [-0.2, 0) is 0 Å². The van der Waals surface area contributed by atoms with Gasteiger partial charge in [0.15, 0.2) is 0 Å². The van der Waals surface area contributed by atoms with Gasteiger partial charge in [0.1, 0.15) is 0 Å². The van der Waals surface area contributed by atoms with Gasteiger partial charge in [-0.25, -0.2) is 0 Å². The summed E-state index contributed by atoms with van der Waals surface area (Å²) in [7, 11) is 0. The van der Waals surface area contributed by atoms with Crippen molar-refractivity contribution in [2.45, 2.75) is 12.3 Å². The molecule has 44 heavy (non-hydrogen) atoms. The number of fused-ring (bicyclic) bond motifs is 7. The number of nitrogens with zero attached hydrogens (tertiary/aromatic N) is 2. The minimum absolute atomic E-state index is 0.300. The van der Waals surface area contributed by atoms with Gasteiger partial charge in [0.05, 0.1) is 22.1 Å². The summed E-state index contributed by atoms with van der Waals surface area (Å²) in [5.41, 5.74) is 11.4. The van der Waals surface area contributed by atoms with Gasteiger partial charge in [0, 0.05) is 38.8 Å². The highest BCUT2D eigenvalue weighted by Gasteiger charge is 2.23. The lowest BCUT2D eigenvalue weighted by Gasteiger charge is -2.22. The van der Waals surface area contributed by atoms with Gasteiger partial charge in [0.2, 0.25) is 0 Å². The Labute approximate surface area is 256 Å². The van der Waals surface area contributed by atoms with E-state index in [0.717, 1.165) is 6.42 Å². The minimum atomic E-state index is 0.300. The third kappa shape index (κ3) is 3.81. The molecular formula is C42H30N2. The fraction of sp³-hybridized carbons (Fsp3) is 0.0476. The van der Waals surface area contributed by atoms with Crippen molar-refractivity contribution < 1.29 is 0 Å². The molecule has 208 valence electrons. The Hall–Kier alpha value is -5.60. The topological polar surface area (TPSA) is 9.86 Å². The lowest BCUT2D eigenvalue weighted by atomic mass is 9.89. The van der Waals surface area contributed by atoms with Crippen LogP contribution in [0.15, 0.2) is 164 Å². The molecule has 0 bridgehead atoms. The van der Waals surface area contributed by atoms with Crippen LogP contribution in [0.3, 0.4) is 0 Å². The fourth-order valence-electron chi connectivity index (χ4n) is 7.30. The Morgan fingerprint density at radius 1 is 0.500 bits per heavy atom. The molecule has 1 atom stereocenters.